The molecule has 3 rings (SSSR count). The molecule has 0 aliphatic heterocycles. The molecule has 90 valence electrons. The number of fused-ring (bicyclic) bond motifs is 1. The molecule has 0 aliphatic rings. The van der Waals surface area contributed by atoms with Gasteiger partial charge in [-0.05, 0) is 28.1 Å². The Morgan fingerprint density at radius 3 is 3.00 bits per heavy atom. The van der Waals surface area contributed by atoms with E-state index in [1.807, 2.05) is 24.3 Å². The summed E-state index contributed by atoms with van der Waals surface area (Å²) in [7, 11) is 0. The number of halogens is 1. The Balaban J connectivity index is 2.01. The van der Waals surface area contributed by atoms with E-state index in [1.54, 1.807) is 0 Å². The first-order valence-electron chi connectivity index (χ1n) is 5.10. The van der Waals surface area contributed by atoms with Crippen molar-refractivity contribution in [3.63, 3.8) is 0 Å². The first-order valence-corrected chi connectivity index (χ1v) is 6.71. The standard InChI is InChI=1S/C11H7BrN4OS/c12-8-9(13-5-14-10(8)17)16-11-15-6-3-1-2-4-7(6)18-11/h1-5H,(H2,13,14,15,16,17). The highest BCUT2D eigenvalue weighted by Crippen LogP contribution is 2.28. The number of anilines is 2. The van der Waals surface area contributed by atoms with Gasteiger partial charge in [-0.3, -0.25) is 4.79 Å². The lowest BCUT2D eigenvalue weighted by Crippen LogP contribution is -2.09. The number of thiazole rings is 1. The van der Waals surface area contributed by atoms with E-state index in [2.05, 4.69) is 36.2 Å². The van der Waals surface area contributed by atoms with Gasteiger partial charge in [0.25, 0.3) is 5.56 Å². The van der Waals surface area contributed by atoms with Crippen LogP contribution in [0.2, 0.25) is 0 Å². The molecular weight excluding hydrogens is 316 g/mol. The number of hydrogen-bond acceptors (Lipinski definition) is 5. The van der Waals surface area contributed by atoms with Crippen molar-refractivity contribution in [2.24, 2.45) is 0 Å². The van der Waals surface area contributed by atoms with Crippen LogP contribution in [0.25, 0.3) is 10.2 Å². The number of hydrogen-bond donors (Lipinski definition) is 2. The van der Waals surface area contributed by atoms with E-state index in [4.69, 9.17) is 0 Å². The van der Waals surface area contributed by atoms with Crippen LogP contribution in [0.4, 0.5) is 10.9 Å². The molecule has 0 unspecified atom stereocenters. The van der Waals surface area contributed by atoms with E-state index in [0.717, 1.165) is 10.2 Å². The minimum Gasteiger partial charge on any atom is -0.315 e. The molecule has 0 saturated carbocycles. The molecule has 2 aromatic heterocycles. The van der Waals surface area contributed by atoms with Crippen LogP contribution in [-0.2, 0) is 0 Å². The summed E-state index contributed by atoms with van der Waals surface area (Å²) in [6.45, 7) is 0. The van der Waals surface area contributed by atoms with Gasteiger partial charge in [-0.15, -0.1) is 0 Å². The SMILES string of the molecule is O=c1[nH]cnc(Nc2nc3ccccc3s2)c1Br. The molecule has 0 spiro atoms. The molecule has 0 bridgehead atoms. The van der Waals surface area contributed by atoms with Crippen molar-refractivity contribution in [1.82, 2.24) is 15.0 Å². The highest BCUT2D eigenvalue weighted by Gasteiger charge is 2.08. The molecule has 0 fully saturated rings. The zero-order valence-electron chi connectivity index (χ0n) is 8.98. The summed E-state index contributed by atoms with van der Waals surface area (Å²) in [6.07, 6.45) is 1.35. The van der Waals surface area contributed by atoms with Crippen molar-refractivity contribution >= 4 is 48.4 Å². The summed E-state index contributed by atoms with van der Waals surface area (Å²) in [5.41, 5.74) is 0.694. The second kappa shape index (κ2) is 4.51. The topological polar surface area (TPSA) is 70.7 Å². The van der Waals surface area contributed by atoms with Gasteiger partial charge in [-0.2, -0.15) is 0 Å². The number of rotatable bonds is 2. The van der Waals surface area contributed by atoms with Gasteiger partial charge < -0.3 is 10.3 Å². The summed E-state index contributed by atoms with van der Waals surface area (Å²) < 4.78 is 1.45. The van der Waals surface area contributed by atoms with Gasteiger partial charge in [-0.1, -0.05) is 23.5 Å². The normalized spacial score (nSPS) is 10.7. The summed E-state index contributed by atoms with van der Waals surface area (Å²) in [5.74, 6) is 0.456. The van der Waals surface area contributed by atoms with Gasteiger partial charge in [0.15, 0.2) is 10.9 Å². The number of H-pyrrole nitrogens is 1. The first-order chi connectivity index (χ1) is 8.74. The second-order valence-electron chi connectivity index (χ2n) is 3.51. The number of para-hydroxylation sites is 1. The monoisotopic (exact) mass is 322 g/mol. The average Bonchev–Trinajstić information content (AvgIpc) is 2.77. The molecule has 2 heterocycles. The number of nitrogens with zero attached hydrogens (tertiary/aromatic N) is 2. The third kappa shape index (κ3) is 2.02. The van der Waals surface area contributed by atoms with Crippen LogP contribution in [0, 0.1) is 0 Å². The highest BCUT2D eigenvalue weighted by atomic mass is 79.9. The molecule has 2 N–H and O–H groups in total. The van der Waals surface area contributed by atoms with Crippen molar-refractivity contribution < 1.29 is 0 Å². The zero-order chi connectivity index (χ0) is 12.5. The Morgan fingerprint density at radius 2 is 2.17 bits per heavy atom. The lowest BCUT2D eigenvalue weighted by Gasteiger charge is -2.01. The lowest BCUT2D eigenvalue weighted by atomic mass is 10.3. The minimum atomic E-state index is -0.228. The third-order valence-corrected chi connectivity index (χ3v) is 4.00. The summed E-state index contributed by atoms with van der Waals surface area (Å²) in [5, 5.41) is 3.74. The van der Waals surface area contributed by atoms with E-state index in [0.29, 0.717) is 15.4 Å². The van der Waals surface area contributed by atoms with Crippen LogP contribution in [0.5, 0.6) is 0 Å². The maximum atomic E-state index is 11.4. The van der Waals surface area contributed by atoms with Crippen LogP contribution in [0.15, 0.2) is 39.9 Å². The smallest absolute Gasteiger partial charge is 0.267 e. The van der Waals surface area contributed by atoms with Crippen LogP contribution in [0.3, 0.4) is 0 Å². The predicted molar refractivity (Wildman–Crippen MR) is 75.5 cm³/mol. The summed E-state index contributed by atoms with van der Waals surface area (Å²) >= 11 is 4.70. The van der Waals surface area contributed by atoms with Crippen molar-refractivity contribution in [3.05, 3.63) is 45.4 Å². The molecule has 0 saturated heterocycles. The zero-order valence-corrected chi connectivity index (χ0v) is 11.4. The molecule has 0 aliphatic carbocycles. The molecular formula is C11H7BrN4OS. The largest absolute Gasteiger partial charge is 0.315 e. The fourth-order valence-corrected chi connectivity index (χ4v) is 2.68. The molecule has 5 nitrogen and oxygen atoms in total. The van der Waals surface area contributed by atoms with Crippen LogP contribution < -0.4 is 10.9 Å². The third-order valence-electron chi connectivity index (χ3n) is 2.32. The molecule has 18 heavy (non-hydrogen) atoms. The second-order valence-corrected chi connectivity index (χ2v) is 5.33. The molecule has 0 radical (unpaired) electrons. The maximum Gasteiger partial charge on any atom is 0.267 e. The number of benzene rings is 1. The number of aromatic nitrogens is 3. The molecule has 0 atom stereocenters. The number of aromatic amines is 1. The van der Waals surface area contributed by atoms with Crippen molar-refractivity contribution in [1.29, 1.82) is 0 Å². The molecule has 7 heteroatoms. The highest BCUT2D eigenvalue weighted by molar-refractivity contribution is 9.10. The van der Waals surface area contributed by atoms with E-state index in [1.165, 1.54) is 17.7 Å². The Morgan fingerprint density at radius 1 is 1.33 bits per heavy atom. The first kappa shape index (κ1) is 11.4. The Kier molecular flexibility index (Phi) is 2.85. The lowest BCUT2D eigenvalue weighted by molar-refractivity contribution is 1.10. The predicted octanol–water partition coefficient (Wildman–Crippen LogP) is 2.89. The van der Waals surface area contributed by atoms with Gasteiger partial charge in [0.2, 0.25) is 0 Å². The fourth-order valence-electron chi connectivity index (χ4n) is 1.50. The Hall–Kier alpha value is -1.73. The minimum absolute atomic E-state index is 0.228. The van der Waals surface area contributed by atoms with Gasteiger partial charge in [0.05, 0.1) is 16.5 Å². The fraction of sp³-hybridized carbons (Fsp3) is 0. The van der Waals surface area contributed by atoms with Gasteiger partial charge >= 0.3 is 0 Å². The summed E-state index contributed by atoms with van der Waals surface area (Å²) in [6, 6.07) is 7.84. The summed E-state index contributed by atoms with van der Waals surface area (Å²) in [4.78, 5) is 22.4. The molecule has 3 aromatic rings. The van der Waals surface area contributed by atoms with E-state index in [-0.39, 0.29) is 5.56 Å². The average molecular weight is 323 g/mol. The van der Waals surface area contributed by atoms with E-state index < -0.39 is 0 Å². The van der Waals surface area contributed by atoms with Crippen LogP contribution in [0.1, 0.15) is 0 Å². The van der Waals surface area contributed by atoms with E-state index >= 15 is 0 Å². The maximum absolute atomic E-state index is 11.4. The van der Waals surface area contributed by atoms with Crippen LogP contribution >= 0.6 is 27.3 Å². The van der Waals surface area contributed by atoms with Crippen molar-refractivity contribution in [2.45, 2.75) is 0 Å². The van der Waals surface area contributed by atoms with Crippen LogP contribution in [-0.4, -0.2) is 15.0 Å². The molecule has 1 aromatic carbocycles. The van der Waals surface area contributed by atoms with E-state index in [9.17, 15) is 4.79 Å². The Labute approximate surface area is 114 Å². The molecule has 0 amide bonds. The van der Waals surface area contributed by atoms with Gasteiger partial charge in [0.1, 0.15) is 4.47 Å². The van der Waals surface area contributed by atoms with Crippen molar-refractivity contribution in [2.75, 3.05) is 5.32 Å². The van der Waals surface area contributed by atoms with Crippen molar-refractivity contribution in [3.8, 4) is 0 Å². The van der Waals surface area contributed by atoms with Gasteiger partial charge in [-0.25, -0.2) is 9.97 Å². The van der Waals surface area contributed by atoms with Gasteiger partial charge in [0, 0.05) is 0 Å². The number of nitrogens with one attached hydrogen (secondary N) is 2. The Bertz CT molecular complexity index is 734. The quantitative estimate of drug-likeness (QED) is 0.761.